The quantitative estimate of drug-likeness (QED) is 0.264. The van der Waals surface area contributed by atoms with E-state index in [-0.39, 0.29) is 5.75 Å². The SMILES string of the molecule is CSCC(C(=O)NP(=O)(SN)SN)[N+](=O)[O-]. The number of carbonyl (C=O) groups excluding carboxylic acids is 1. The number of nitrogens with two attached hydrogens (primary N) is 2. The monoisotopic (exact) mass is 306 g/mol. The van der Waals surface area contributed by atoms with Gasteiger partial charge in [0.1, 0.15) is 0 Å². The fraction of sp³-hybridized carbons (Fsp3) is 0.750. The molecule has 1 amide bonds. The number of nitro groups is 1. The van der Waals surface area contributed by atoms with Crippen LogP contribution in [0.3, 0.4) is 0 Å². The summed E-state index contributed by atoms with van der Waals surface area (Å²) in [5.74, 6) is -0.956. The van der Waals surface area contributed by atoms with Crippen LogP contribution in [0.2, 0.25) is 0 Å². The maximum absolute atomic E-state index is 11.6. The Hall–Kier alpha value is 0.0700. The summed E-state index contributed by atoms with van der Waals surface area (Å²) >= 11 is 1.90. The lowest BCUT2D eigenvalue weighted by Gasteiger charge is -2.14. The first-order chi connectivity index (χ1) is 7.40. The van der Waals surface area contributed by atoms with Crippen molar-refractivity contribution in [3.63, 3.8) is 0 Å². The van der Waals surface area contributed by atoms with Gasteiger partial charge in [0.05, 0.1) is 5.75 Å². The Kier molecular flexibility index (Phi) is 7.44. The number of thioether (sulfide) groups is 1. The highest BCUT2D eigenvalue weighted by Gasteiger charge is 2.34. The molecule has 0 aliphatic heterocycles. The van der Waals surface area contributed by atoms with Gasteiger partial charge in [-0.1, -0.05) is 0 Å². The van der Waals surface area contributed by atoms with Crippen LogP contribution in [-0.2, 0) is 9.36 Å². The van der Waals surface area contributed by atoms with E-state index in [2.05, 4.69) is 0 Å². The van der Waals surface area contributed by atoms with E-state index in [0.29, 0.717) is 23.1 Å². The summed E-state index contributed by atoms with van der Waals surface area (Å²) in [7, 11) is 0. The number of nitrogens with zero attached hydrogens (tertiary/aromatic N) is 1. The lowest BCUT2D eigenvalue weighted by molar-refractivity contribution is -0.501. The molecule has 0 aliphatic carbocycles. The van der Waals surface area contributed by atoms with Crippen LogP contribution >= 0.6 is 40.6 Å². The number of hydrogen-bond acceptors (Lipinski definition) is 9. The molecule has 0 aromatic heterocycles. The molecular formula is C4H11N4O4PS3. The van der Waals surface area contributed by atoms with Gasteiger partial charge < -0.3 is 0 Å². The Labute approximate surface area is 104 Å². The van der Waals surface area contributed by atoms with E-state index in [9.17, 15) is 19.5 Å². The van der Waals surface area contributed by atoms with Gasteiger partial charge in [0.2, 0.25) is 0 Å². The summed E-state index contributed by atoms with van der Waals surface area (Å²) in [6.07, 6.45) is 1.62. The van der Waals surface area contributed by atoms with Crippen LogP contribution < -0.4 is 15.4 Å². The topological polar surface area (TPSA) is 141 Å². The van der Waals surface area contributed by atoms with Gasteiger partial charge in [-0.15, -0.1) is 0 Å². The molecule has 0 rings (SSSR count). The van der Waals surface area contributed by atoms with Crippen LogP contribution in [0.1, 0.15) is 0 Å². The number of carbonyl (C=O) groups is 1. The van der Waals surface area contributed by atoms with Gasteiger partial charge in [0, 0.05) is 28.1 Å². The van der Waals surface area contributed by atoms with Crippen molar-refractivity contribution < 1.29 is 14.3 Å². The highest BCUT2D eigenvalue weighted by molar-refractivity contribution is 8.89. The molecule has 0 saturated carbocycles. The molecule has 0 aromatic carbocycles. The average molecular weight is 306 g/mol. The lowest BCUT2D eigenvalue weighted by Crippen LogP contribution is -2.39. The van der Waals surface area contributed by atoms with E-state index in [4.69, 9.17) is 10.3 Å². The van der Waals surface area contributed by atoms with E-state index in [1.54, 1.807) is 6.26 Å². The number of nitrogens with one attached hydrogen (secondary N) is 1. The van der Waals surface area contributed by atoms with E-state index in [0.717, 1.165) is 11.8 Å². The average Bonchev–Trinajstić information content (AvgIpc) is 2.24. The van der Waals surface area contributed by atoms with Crippen molar-refractivity contribution in [1.82, 2.24) is 5.09 Å². The molecule has 0 bridgehead atoms. The van der Waals surface area contributed by atoms with Gasteiger partial charge in [0.25, 0.3) is 6.04 Å². The minimum Gasteiger partial charge on any atom is -0.283 e. The van der Waals surface area contributed by atoms with Crippen molar-refractivity contribution >= 4 is 46.5 Å². The number of hydrogen-bond donors (Lipinski definition) is 3. The Bertz CT molecular complexity index is 308. The van der Waals surface area contributed by atoms with Gasteiger partial charge in [-0.3, -0.25) is 34.8 Å². The van der Waals surface area contributed by atoms with E-state index >= 15 is 0 Å². The van der Waals surface area contributed by atoms with Crippen LogP contribution in [0.25, 0.3) is 0 Å². The maximum Gasteiger partial charge on any atom is 0.308 e. The van der Waals surface area contributed by atoms with Crippen molar-refractivity contribution in [2.45, 2.75) is 6.04 Å². The molecule has 0 saturated heterocycles. The fourth-order valence-electron chi connectivity index (χ4n) is 0.677. The molecule has 94 valence electrons. The molecule has 0 aliphatic rings. The Balaban J connectivity index is 4.64. The highest BCUT2D eigenvalue weighted by Crippen LogP contribution is 2.60. The molecule has 12 heteroatoms. The van der Waals surface area contributed by atoms with Crippen molar-refractivity contribution in [2.75, 3.05) is 12.0 Å². The van der Waals surface area contributed by atoms with Gasteiger partial charge in [-0.25, -0.2) is 0 Å². The summed E-state index contributed by atoms with van der Waals surface area (Å²) < 4.78 is 11.6. The predicted octanol–water partition coefficient (Wildman–Crippen LogP) is 0.433. The van der Waals surface area contributed by atoms with Crippen molar-refractivity contribution in [1.29, 1.82) is 0 Å². The van der Waals surface area contributed by atoms with E-state index < -0.39 is 22.6 Å². The second-order valence-corrected chi connectivity index (χ2v) is 10.0. The molecule has 8 nitrogen and oxygen atoms in total. The third kappa shape index (κ3) is 4.93. The zero-order valence-electron chi connectivity index (χ0n) is 8.19. The summed E-state index contributed by atoms with van der Waals surface area (Å²) in [5.41, 5.74) is -3.38. The normalized spacial score (nSPS) is 13.2. The third-order valence-electron chi connectivity index (χ3n) is 1.41. The second kappa shape index (κ2) is 7.41. The molecule has 16 heavy (non-hydrogen) atoms. The van der Waals surface area contributed by atoms with Crippen LogP contribution in [-0.4, -0.2) is 28.9 Å². The van der Waals surface area contributed by atoms with Crippen LogP contribution in [0.15, 0.2) is 0 Å². The maximum atomic E-state index is 11.6. The summed E-state index contributed by atoms with van der Waals surface area (Å²) in [6.45, 7) is 0. The smallest absolute Gasteiger partial charge is 0.283 e. The first-order valence-electron chi connectivity index (χ1n) is 3.71. The summed E-state index contributed by atoms with van der Waals surface area (Å²) in [4.78, 5) is 21.3. The number of rotatable bonds is 7. The van der Waals surface area contributed by atoms with Crippen molar-refractivity contribution in [3.05, 3.63) is 10.1 Å². The molecule has 0 spiro atoms. The summed E-state index contributed by atoms with van der Waals surface area (Å²) in [5, 5.41) is 22.7. The molecule has 0 heterocycles. The Morgan fingerprint density at radius 3 is 2.38 bits per heavy atom. The lowest BCUT2D eigenvalue weighted by atomic mass is 10.3. The predicted molar refractivity (Wildman–Crippen MR) is 68.5 cm³/mol. The Morgan fingerprint density at radius 1 is 1.56 bits per heavy atom. The first kappa shape index (κ1) is 16.1. The zero-order chi connectivity index (χ0) is 12.8. The molecule has 1 unspecified atom stereocenters. The largest absolute Gasteiger partial charge is 0.308 e. The minimum atomic E-state index is -3.38. The Morgan fingerprint density at radius 2 is 2.06 bits per heavy atom. The zero-order valence-corrected chi connectivity index (χ0v) is 11.5. The second-order valence-electron chi connectivity index (χ2n) is 2.44. The molecule has 1 atom stereocenters. The molecular weight excluding hydrogens is 295 g/mol. The van der Waals surface area contributed by atoms with Crippen LogP contribution in [0, 0.1) is 10.1 Å². The number of amides is 1. The van der Waals surface area contributed by atoms with Gasteiger partial charge in [0.15, 0.2) is 0 Å². The molecule has 5 N–H and O–H groups in total. The van der Waals surface area contributed by atoms with E-state index in [1.807, 2.05) is 5.09 Å². The third-order valence-corrected chi connectivity index (χ3v) is 6.87. The summed E-state index contributed by atoms with van der Waals surface area (Å²) in [6, 6.07) is -1.46. The molecule has 0 aromatic rings. The fourth-order valence-corrected chi connectivity index (χ4v) is 3.29. The van der Waals surface area contributed by atoms with Crippen LogP contribution in [0.5, 0.6) is 0 Å². The van der Waals surface area contributed by atoms with Crippen molar-refractivity contribution in [2.24, 2.45) is 10.3 Å². The van der Waals surface area contributed by atoms with E-state index in [1.165, 1.54) is 0 Å². The van der Waals surface area contributed by atoms with Crippen molar-refractivity contribution in [3.8, 4) is 0 Å². The van der Waals surface area contributed by atoms with Gasteiger partial charge in [-0.05, 0) is 6.26 Å². The highest BCUT2D eigenvalue weighted by atomic mass is 33.1. The minimum absolute atomic E-state index is 0.0106. The standard InChI is InChI=1S/C4H11N4O4PS3/c1-14-2-3(8(10)11)4(9)7-13(12,15-5)16-6/h3H,2,5-6H2,1H3,(H,7,9,12). The molecule has 0 fully saturated rings. The van der Waals surface area contributed by atoms with Crippen LogP contribution in [0.4, 0.5) is 0 Å². The first-order valence-corrected chi connectivity index (χ1v) is 9.78. The molecule has 0 radical (unpaired) electrons. The van der Waals surface area contributed by atoms with Gasteiger partial charge >= 0.3 is 11.6 Å². The van der Waals surface area contributed by atoms with Gasteiger partial charge in [-0.2, -0.15) is 11.8 Å².